The van der Waals surface area contributed by atoms with E-state index in [0.717, 1.165) is 44.4 Å². The van der Waals surface area contributed by atoms with Crippen molar-refractivity contribution >= 4 is 5.71 Å². The molecule has 0 aromatic heterocycles. The van der Waals surface area contributed by atoms with Crippen LogP contribution in [0.5, 0.6) is 0 Å². The molecule has 1 rings (SSSR count). The molecule has 1 aliphatic carbocycles. The van der Waals surface area contributed by atoms with E-state index in [1.807, 2.05) is 0 Å². The molecule has 0 atom stereocenters. The first-order valence-electron chi connectivity index (χ1n) is 5.18. The van der Waals surface area contributed by atoms with E-state index < -0.39 is 0 Å². The molecule has 13 heavy (non-hydrogen) atoms. The Bertz CT molecular complexity index is 158. The molecule has 0 saturated heterocycles. The van der Waals surface area contributed by atoms with E-state index in [1.165, 1.54) is 6.42 Å². The van der Waals surface area contributed by atoms with Crippen LogP contribution in [-0.2, 0) is 4.74 Å². The average molecular weight is 185 g/mol. The predicted molar refractivity (Wildman–Crippen MR) is 52.3 cm³/mol. The van der Waals surface area contributed by atoms with Crippen molar-refractivity contribution in [3.05, 3.63) is 0 Å². The molecule has 0 aliphatic heterocycles. The van der Waals surface area contributed by atoms with Crippen molar-refractivity contribution in [2.24, 2.45) is 5.16 Å². The third-order valence-corrected chi connectivity index (χ3v) is 2.50. The molecule has 0 unspecified atom stereocenters. The van der Waals surface area contributed by atoms with E-state index in [4.69, 9.17) is 9.94 Å². The minimum Gasteiger partial charge on any atom is -0.411 e. The fourth-order valence-electron chi connectivity index (χ4n) is 1.59. The minimum atomic E-state index is 0.400. The van der Waals surface area contributed by atoms with E-state index in [2.05, 4.69) is 12.1 Å². The summed E-state index contributed by atoms with van der Waals surface area (Å²) in [6, 6.07) is 0. The van der Waals surface area contributed by atoms with Crippen molar-refractivity contribution in [2.45, 2.75) is 51.6 Å². The first-order chi connectivity index (χ1) is 6.36. The summed E-state index contributed by atoms with van der Waals surface area (Å²) in [6.07, 6.45) is 6.57. The van der Waals surface area contributed by atoms with Crippen LogP contribution in [0.4, 0.5) is 0 Å². The molecule has 3 heteroatoms. The van der Waals surface area contributed by atoms with Gasteiger partial charge in [-0.3, -0.25) is 0 Å². The third kappa shape index (κ3) is 3.77. The van der Waals surface area contributed by atoms with Gasteiger partial charge in [-0.1, -0.05) is 18.5 Å². The van der Waals surface area contributed by atoms with Gasteiger partial charge in [0, 0.05) is 6.61 Å². The Hall–Kier alpha value is -0.570. The quantitative estimate of drug-likeness (QED) is 0.415. The maximum atomic E-state index is 8.54. The molecule has 0 radical (unpaired) electrons. The zero-order chi connectivity index (χ0) is 9.52. The topological polar surface area (TPSA) is 41.8 Å². The molecular formula is C10H19NO2. The maximum Gasteiger partial charge on any atom is 0.0582 e. The average Bonchev–Trinajstić information content (AvgIpc) is 2.19. The Morgan fingerprint density at radius 2 is 2.15 bits per heavy atom. The number of nitrogens with zero attached hydrogens (tertiary/aromatic N) is 1. The first-order valence-corrected chi connectivity index (χ1v) is 5.18. The van der Waals surface area contributed by atoms with Gasteiger partial charge in [-0.05, 0) is 32.1 Å². The van der Waals surface area contributed by atoms with Crippen LogP contribution in [0.1, 0.15) is 45.4 Å². The summed E-state index contributed by atoms with van der Waals surface area (Å²) in [5.74, 6) is 0. The Morgan fingerprint density at radius 3 is 2.69 bits per heavy atom. The minimum absolute atomic E-state index is 0.400. The number of rotatable bonds is 4. The standard InChI is InChI=1S/C10H19NO2/c1-2-3-8-13-10-6-4-9(11-12)5-7-10/h10,12H,2-8H2,1H3. The second-order valence-electron chi connectivity index (χ2n) is 3.59. The lowest BCUT2D eigenvalue weighted by atomic mass is 9.96. The molecule has 0 aromatic rings. The van der Waals surface area contributed by atoms with Crippen LogP contribution in [-0.4, -0.2) is 23.6 Å². The Labute approximate surface area is 79.8 Å². The summed E-state index contributed by atoms with van der Waals surface area (Å²) in [4.78, 5) is 0. The molecule has 0 spiro atoms. The molecule has 1 N–H and O–H groups in total. The van der Waals surface area contributed by atoms with Gasteiger partial charge < -0.3 is 9.94 Å². The van der Waals surface area contributed by atoms with Gasteiger partial charge in [-0.25, -0.2) is 0 Å². The van der Waals surface area contributed by atoms with Crippen LogP contribution >= 0.6 is 0 Å². The van der Waals surface area contributed by atoms with Crippen LogP contribution in [0.2, 0.25) is 0 Å². The monoisotopic (exact) mass is 185 g/mol. The summed E-state index contributed by atoms with van der Waals surface area (Å²) in [5, 5.41) is 11.8. The van der Waals surface area contributed by atoms with E-state index in [-0.39, 0.29) is 0 Å². The van der Waals surface area contributed by atoms with Crippen molar-refractivity contribution in [3.8, 4) is 0 Å². The van der Waals surface area contributed by atoms with Crippen LogP contribution < -0.4 is 0 Å². The van der Waals surface area contributed by atoms with E-state index >= 15 is 0 Å². The van der Waals surface area contributed by atoms with Gasteiger partial charge in [0.05, 0.1) is 11.8 Å². The number of oxime groups is 1. The summed E-state index contributed by atoms with van der Waals surface area (Å²) >= 11 is 0. The molecule has 76 valence electrons. The number of ether oxygens (including phenoxy) is 1. The van der Waals surface area contributed by atoms with Gasteiger partial charge in [-0.15, -0.1) is 0 Å². The van der Waals surface area contributed by atoms with Crippen LogP contribution in [0.3, 0.4) is 0 Å². The zero-order valence-electron chi connectivity index (χ0n) is 8.33. The molecule has 1 saturated carbocycles. The highest BCUT2D eigenvalue weighted by atomic mass is 16.5. The summed E-state index contributed by atoms with van der Waals surface area (Å²) < 4.78 is 5.68. The van der Waals surface area contributed by atoms with Gasteiger partial charge in [0.25, 0.3) is 0 Å². The van der Waals surface area contributed by atoms with Crippen LogP contribution in [0.15, 0.2) is 5.16 Å². The van der Waals surface area contributed by atoms with Crippen molar-refractivity contribution < 1.29 is 9.94 Å². The van der Waals surface area contributed by atoms with Crippen molar-refractivity contribution in [1.82, 2.24) is 0 Å². The van der Waals surface area contributed by atoms with Gasteiger partial charge >= 0.3 is 0 Å². The lowest BCUT2D eigenvalue weighted by Gasteiger charge is -2.22. The first kappa shape index (κ1) is 10.5. The highest BCUT2D eigenvalue weighted by Crippen LogP contribution is 2.19. The Balaban J connectivity index is 2.10. The second kappa shape index (κ2) is 5.97. The van der Waals surface area contributed by atoms with Crippen molar-refractivity contribution in [3.63, 3.8) is 0 Å². The second-order valence-corrected chi connectivity index (χ2v) is 3.59. The molecule has 3 nitrogen and oxygen atoms in total. The summed E-state index contributed by atoms with van der Waals surface area (Å²) in [5.41, 5.74) is 0.926. The van der Waals surface area contributed by atoms with Gasteiger partial charge in [0.2, 0.25) is 0 Å². The summed E-state index contributed by atoms with van der Waals surface area (Å²) in [7, 11) is 0. The molecule has 0 amide bonds. The fraction of sp³-hybridized carbons (Fsp3) is 0.900. The van der Waals surface area contributed by atoms with Crippen LogP contribution in [0, 0.1) is 0 Å². The molecule has 0 aromatic carbocycles. The van der Waals surface area contributed by atoms with Crippen molar-refractivity contribution in [1.29, 1.82) is 0 Å². The third-order valence-electron chi connectivity index (χ3n) is 2.50. The lowest BCUT2D eigenvalue weighted by molar-refractivity contribution is 0.0381. The van der Waals surface area contributed by atoms with E-state index in [9.17, 15) is 0 Å². The Kier molecular flexibility index (Phi) is 4.83. The van der Waals surface area contributed by atoms with Gasteiger partial charge in [0.1, 0.15) is 0 Å². The van der Waals surface area contributed by atoms with Gasteiger partial charge in [-0.2, -0.15) is 0 Å². The maximum absolute atomic E-state index is 8.54. The molecular weight excluding hydrogens is 166 g/mol. The molecule has 1 fully saturated rings. The van der Waals surface area contributed by atoms with E-state index in [0.29, 0.717) is 6.10 Å². The number of hydrogen-bond donors (Lipinski definition) is 1. The van der Waals surface area contributed by atoms with Crippen LogP contribution in [0.25, 0.3) is 0 Å². The largest absolute Gasteiger partial charge is 0.411 e. The number of hydrogen-bond acceptors (Lipinski definition) is 3. The lowest BCUT2D eigenvalue weighted by Crippen LogP contribution is -2.22. The van der Waals surface area contributed by atoms with E-state index in [1.54, 1.807) is 0 Å². The molecule has 1 aliphatic rings. The van der Waals surface area contributed by atoms with Crippen molar-refractivity contribution in [2.75, 3.05) is 6.61 Å². The molecule has 0 bridgehead atoms. The Morgan fingerprint density at radius 1 is 1.46 bits per heavy atom. The molecule has 0 heterocycles. The predicted octanol–water partition coefficient (Wildman–Crippen LogP) is 2.58. The van der Waals surface area contributed by atoms with Gasteiger partial charge in [0.15, 0.2) is 0 Å². The highest BCUT2D eigenvalue weighted by molar-refractivity contribution is 5.84. The smallest absolute Gasteiger partial charge is 0.0582 e. The summed E-state index contributed by atoms with van der Waals surface area (Å²) in [6.45, 7) is 3.05. The fourth-order valence-corrected chi connectivity index (χ4v) is 1.59. The highest BCUT2D eigenvalue weighted by Gasteiger charge is 2.17. The SMILES string of the molecule is CCCCOC1CCC(=NO)CC1. The number of unbranched alkanes of at least 4 members (excludes halogenated alkanes) is 1. The zero-order valence-corrected chi connectivity index (χ0v) is 8.33. The normalized spacial score (nSPS) is 23.2.